The van der Waals surface area contributed by atoms with Gasteiger partial charge in [0.15, 0.2) is 0 Å². The molecule has 0 aliphatic carbocycles. The highest BCUT2D eigenvalue weighted by Gasteiger charge is 2.24. The second-order valence-corrected chi connectivity index (χ2v) is 6.24. The van der Waals surface area contributed by atoms with Gasteiger partial charge in [-0.2, -0.15) is 11.3 Å². The lowest BCUT2D eigenvalue weighted by Gasteiger charge is -2.21. The van der Waals surface area contributed by atoms with E-state index in [1.54, 1.807) is 11.3 Å². The van der Waals surface area contributed by atoms with E-state index < -0.39 is 0 Å². The van der Waals surface area contributed by atoms with Crippen LogP contribution in [0, 0.1) is 0 Å². The van der Waals surface area contributed by atoms with Crippen molar-refractivity contribution >= 4 is 22.9 Å². The number of halogens is 1. The van der Waals surface area contributed by atoms with Crippen LogP contribution in [-0.2, 0) is 6.42 Å². The highest BCUT2D eigenvalue weighted by Crippen LogP contribution is 2.39. The minimum absolute atomic E-state index is 0.159. The highest BCUT2D eigenvalue weighted by atomic mass is 35.5. The number of hydrogen-bond acceptors (Lipinski definition) is 3. The lowest BCUT2D eigenvalue weighted by atomic mass is 9.97. The fraction of sp³-hybridized carbons (Fsp3) is 0.375. The number of nitrogens with one attached hydrogen (secondary N) is 1. The number of rotatable bonds is 5. The molecule has 20 heavy (non-hydrogen) atoms. The lowest BCUT2D eigenvalue weighted by Crippen LogP contribution is -2.23. The van der Waals surface area contributed by atoms with Crippen LogP contribution in [-0.4, -0.2) is 13.2 Å². The van der Waals surface area contributed by atoms with Crippen molar-refractivity contribution in [3.05, 3.63) is 50.7 Å². The predicted octanol–water partition coefficient (Wildman–Crippen LogP) is 4.43. The van der Waals surface area contributed by atoms with Gasteiger partial charge < -0.3 is 10.1 Å². The van der Waals surface area contributed by atoms with Gasteiger partial charge in [0.2, 0.25) is 0 Å². The molecule has 0 fully saturated rings. The molecular weight excluding hydrogens is 290 g/mol. The Kier molecular flexibility index (Phi) is 4.29. The van der Waals surface area contributed by atoms with Crippen molar-refractivity contribution in [3.8, 4) is 5.75 Å². The van der Waals surface area contributed by atoms with Crippen molar-refractivity contribution < 1.29 is 4.74 Å². The molecule has 1 atom stereocenters. The number of fused-ring (bicyclic) bond motifs is 1. The standard InChI is InChI=1S/C16H18ClNOS/c1-2-5-18-15(12-4-7-20-10-12)14-9-13(17)8-11-3-6-19-16(11)14/h4,7-10,15,18H,2-3,5-6H2,1H3. The zero-order valence-corrected chi connectivity index (χ0v) is 13.1. The van der Waals surface area contributed by atoms with E-state index in [1.165, 1.54) is 11.1 Å². The van der Waals surface area contributed by atoms with E-state index in [0.717, 1.165) is 42.3 Å². The molecule has 0 bridgehead atoms. The molecule has 1 aliphatic heterocycles. The Labute approximate surface area is 128 Å². The van der Waals surface area contributed by atoms with E-state index in [0.29, 0.717) is 0 Å². The normalized spacial score (nSPS) is 14.9. The summed E-state index contributed by atoms with van der Waals surface area (Å²) in [5.41, 5.74) is 3.67. The zero-order valence-electron chi connectivity index (χ0n) is 11.5. The largest absolute Gasteiger partial charge is 0.493 e. The Morgan fingerprint density at radius 3 is 3.10 bits per heavy atom. The molecule has 2 nitrogen and oxygen atoms in total. The van der Waals surface area contributed by atoms with Crippen LogP contribution in [0.5, 0.6) is 5.75 Å². The van der Waals surface area contributed by atoms with Crippen molar-refractivity contribution in [1.29, 1.82) is 0 Å². The summed E-state index contributed by atoms with van der Waals surface area (Å²) in [6.07, 6.45) is 2.05. The molecule has 1 aromatic carbocycles. The lowest BCUT2D eigenvalue weighted by molar-refractivity contribution is 0.350. The van der Waals surface area contributed by atoms with Gasteiger partial charge in [-0.1, -0.05) is 18.5 Å². The molecule has 0 saturated carbocycles. The molecular formula is C16H18ClNOS. The van der Waals surface area contributed by atoms with Crippen molar-refractivity contribution in [2.45, 2.75) is 25.8 Å². The summed E-state index contributed by atoms with van der Waals surface area (Å²) >= 11 is 8.01. The molecule has 2 aromatic rings. The van der Waals surface area contributed by atoms with Gasteiger partial charge in [0.05, 0.1) is 12.6 Å². The van der Waals surface area contributed by atoms with Gasteiger partial charge in [0, 0.05) is 17.0 Å². The van der Waals surface area contributed by atoms with E-state index >= 15 is 0 Å². The smallest absolute Gasteiger partial charge is 0.127 e. The van der Waals surface area contributed by atoms with Crippen LogP contribution in [0.4, 0.5) is 0 Å². The summed E-state index contributed by atoms with van der Waals surface area (Å²) in [5.74, 6) is 1.02. The first kappa shape index (κ1) is 13.9. The Bertz CT molecular complexity index is 582. The SMILES string of the molecule is CCCNC(c1ccsc1)c1cc(Cl)cc2c1OCC2. The first-order valence-corrected chi connectivity index (χ1v) is 8.32. The summed E-state index contributed by atoms with van der Waals surface area (Å²) in [7, 11) is 0. The maximum absolute atomic E-state index is 6.29. The van der Waals surface area contributed by atoms with Crippen molar-refractivity contribution in [1.82, 2.24) is 5.32 Å². The number of thiophene rings is 1. The van der Waals surface area contributed by atoms with Crippen LogP contribution in [0.2, 0.25) is 5.02 Å². The fourth-order valence-corrected chi connectivity index (χ4v) is 3.58. The van der Waals surface area contributed by atoms with Crippen LogP contribution in [0.1, 0.15) is 36.1 Å². The molecule has 1 aliphatic rings. The Morgan fingerprint density at radius 2 is 2.35 bits per heavy atom. The van der Waals surface area contributed by atoms with Crippen molar-refractivity contribution in [2.75, 3.05) is 13.2 Å². The summed E-state index contributed by atoms with van der Waals surface area (Å²) in [6.45, 7) is 3.91. The molecule has 0 amide bonds. The minimum atomic E-state index is 0.159. The third-order valence-corrected chi connectivity index (χ3v) is 4.48. The summed E-state index contributed by atoms with van der Waals surface area (Å²) in [5, 5.41) is 8.71. The molecule has 106 valence electrons. The molecule has 4 heteroatoms. The zero-order chi connectivity index (χ0) is 13.9. The molecule has 2 heterocycles. The topological polar surface area (TPSA) is 21.3 Å². The summed E-state index contributed by atoms with van der Waals surface area (Å²) in [4.78, 5) is 0. The van der Waals surface area contributed by atoms with Crippen LogP contribution in [0.15, 0.2) is 29.0 Å². The molecule has 0 saturated heterocycles. The van der Waals surface area contributed by atoms with Crippen LogP contribution >= 0.6 is 22.9 Å². The van der Waals surface area contributed by atoms with Crippen molar-refractivity contribution in [3.63, 3.8) is 0 Å². The summed E-state index contributed by atoms with van der Waals surface area (Å²) < 4.78 is 5.85. The number of ether oxygens (including phenoxy) is 1. The van der Waals surface area contributed by atoms with Crippen molar-refractivity contribution in [2.24, 2.45) is 0 Å². The molecule has 3 rings (SSSR count). The maximum atomic E-state index is 6.29. The van der Waals surface area contributed by atoms with E-state index in [-0.39, 0.29) is 6.04 Å². The average molecular weight is 308 g/mol. The first-order valence-electron chi connectivity index (χ1n) is 7.00. The molecule has 0 spiro atoms. The van der Waals surface area contributed by atoms with Gasteiger partial charge in [0.1, 0.15) is 5.75 Å². The predicted molar refractivity (Wildman–Crippen MR) is 85.1 cm³/mol. The van der Waals surface area contributed by atoms with Crippen LogP contribution in [0.25, 0.3) is 0 Å². The van der Waals surface area contributed by atoms with Gasteiger partial charge in [-0.25, -0.2) is 0 Å². The number of benzene rings is 1. The van der Waals surface area contributed by atoms with E-state index in [1.807, 2.05) is 12.1 Å². The van der Waals surface area contributed by atoms with E-state index in [2.05, 4.69) is 29.1 Å². The van der Waals surface area contributed by atoms with Gasteiger partial charge in [-0.15, -0.1) is 0 Å². The quantitative estimate of drug-likeness (QED) is 0.882. The Morgan fingerprint density at radius 1 is 1.45 bits per heavy atom. The fourth-order valence-electron chi connectivity index (χ4n) is 2.65. The average Bonchev–Trinajstić information content (AvgIpc) is 3.09. The van der Waals surface area contributed by atoms with Gasteiger partial charge in [0.25, 0.3) is 0 Å². The van der Waals surface area contributed by atoms with Gasteiger partial charge >= 0.3 is 0 Å². The Balaban J connectivity index is 2.03. The second-order valence-electron chi connectivity index (χ2n) is 5.03. The van der Waals surface area contributed by atoms with Gasteiger partial charge in [-0.05, 0) is 53.1 Å². The highest BCUT2D eigenvalue weighted by molar-refractivity contribution is 7.08. The van der Waals surface area contributed by atoms with Gasteiger partial charge in [-0.3, -0.25) is 0 Å². The van der Waals surface area contributed by atoms with E-state index in [9.17, 15) is 0 Å². The third kappa shape index (κ3) is 2.71. The molecule has 0 radical (unpaired) electrons. The molecule has 1 aromatic heterocycles. The second kappa shape index (κ2) is 6.17. The third-order valence-electron chi connectivity index (χ3n) is 3.56. The maximum Gasteiger partial charge on any atom is 0.127 e. The minimum Gasteiger partial charge on any atom is -0.493 e. The Hall–Kier alpha value is -1.03. The first-order chi connectivity index (χ1) is 9.79. The van der Waals surface area contributed by atoms with Crippen LogP contribution < -0.4 is 10.1 Å². The molecule has 1 unspecified atom stereocenters. The molecule has 1 N–H and O–H groups in total. The monoisotopic (exact) mass is 307 g/mol. The summed E-state index contributed by atoms with van der Waals surface area (Å²) in [6, 6.07) is 6.39. The van der Waals surface area contributed by atoms with Crippen LogP contribution in [0.3, 0.4) is 0 Å². The number of hydrogen-bond donors (Lipinski definition) is 1. The van der Waals surface area contributed by atoms with E-state index in [4.69, 9.17) is 16.3 Å².